The Balaban J connectivity index is 1.75. The molecule has 2 heterocycles. The molecule has 2 atom stereocenters. The van der Waals surface area contributed by atoms with Crippen LogP contribution in [0.3, 0.4) is 0 Å². The highest BCUT2D eigenvalue weighted by Crippen LogP contribution is 2.29. The number of aliphatic hydroxyl groups is 1. The van der Waals surface area contributed by atoms with Gasteiger partial charge >= 0.3 is 0 Å². The predicted molar refractivity (Wildman–Crippen MR) is 78.5 cm³/mol. The van der Waals surface area contributed by atoms with Crippen LogP contribution in [0.25, 0.3) is 0 Å². The number of carbonyl (C=O) groups is 1. The lowest BCUT2D eigenvalue weighted by atomic mass is 9.89. The predicted octanol–water partition coefficient (Wildman–Crippen LogP) is -1.29. The normalized spacial score (nSPS) is 30.4. The fourth-order valence-electron chi connectivity index (χ4n) is 3.25. The first-order chi connectivity index (χ1) is 9.53. The number of hydrogen-bond acceptors (Lipinski definition) is 5. The summed E-state index contributed by atoms with van der Waals surface area (Å²) in [6.45, 7) is 9.06. The maximum absolute atomic E-state index is 11.9. The molecule has 0 saturated carbocycles. The molecule has 2 aliphatic rings. The van der Waals surface area contributed by atoms with Gasteiger partial charge in [-0.05, 0) is 19.9 Å². The van der Waals surface area contributed by atoms with Crippen LogP contribution in [-0.4, -0.2) is 86.3 Å². The van der Waals surface area contributed by atoms with E-state index in [0.717, 1.165) is 52.2 Å². The fourth-order valence-corrected chi connectivity index (χ4v) is 3.25. The molecule has 0 aromatic rings. The average Bonchev–Trinajstić information content (AvgIpc) is 2.81. The van der Waals surface area contributed by atoms with Crippen LogP contribution in [0.5, 0.6) is 0 Å². The minimum atomic E-state index is -0.333. The summed E-state index contributed by atoms with van der Waals surface area (Å²) in [5, 5.41) is 16.3. The number of likely N-dealkylation sites (tertiary alicyclic amines) is 1. The molecule has 0 aromatic carbocycles. The molecule has 2 fully saturated rings. The van der Waals surface area contributed by atoms with Gasteiger partial charge in [0.05, 0.1) is 11.5 Å². The summed E-state index contributed by atoms with van der Waals surface area (Å²) in [4.78, 5) is 16.4. The lowest BCUT2D eigenvalue weighted by Gasteiger charge is -2.30. The second kappa shape index (κ2) is 6.85. The molecule has 1 amide bonds. The lowest BCUT2D eigenvalue weighted by Crippen LogP contribution is -2.48. The largest absolute Gasteiger partial charge is 0.390 e. The lowest BCUT2D eigenvalue weighted by molar-refractivity contribution is -0.129. The van der Waals surface area contributed by atoms with Crippen LogP contribution in [0.1, 0.15) is 13.3 Å². The zero-order chi connectivity index (χ0) is 14.6. The van der Waals surface area contributed by atoms with Crippen LogP contribution in [0, 0.1) is 5.41 Å². The van der Waals surface area contributed by atoms with E-state index in [4.69, 9.17) is 0 Å². The third-order valence-electron chi connectivity index (χ3n) is 4.48. The van der Waals surface area contributed by atoms with Gasteiger partial charge in [-0.15, -0.1) is 0 Å². The molecule has 0 radical (unpaired) electrons. The zero-order valence-electron chi connectivity index (χ0n) is 12.7. The molecule has 6 heteroatoms. The van der Waals surface area contributed by atoms with Crippen molar-refractivity contribution >= 4 is 5.91 Å². The topological polar surface area (TPSA) is 67.8 Å². The van der Waals surface area contributed by atoms with Gasteiger partial charge < -0.3 is 15.7 Å². The van der Waals surface area contributed by atoms with Gasteiger partial charge in [0, 0.05) is 52.9 Å². The number of nitrogens with zero attached hydrogens (tertiary/aromatic N) is 2. The summed E-state index contributed by atoms with van der Waals surface area (Å²) in [5.41, 5.74) is -0.302. The number of carbonyl (C=O) groups excluding carboxylic acids is 1. The highest BCUT2D eigenvalue weighted by Gasteiger charge is 2.40. The van der Waals surface area contributed by atoms with Gasteiger partial charge in [0.1, 0.15) is 0 Å². The van der Waals surface area contributed by atoms with Crippen molar-refractivity contribution in [1.82, 2.24) is 20.4 Å². The third kappa shape index (κ3) is 3.91. The highest BCUT2D eigenvalue weighted by atomic mass is 16.3. The van der Waals surface area contributed by atoms with E-state index in [9.17, 15) is 9.90 Å². The summed E-state index contributed by atoms with van der Waals surface area (Å²) >= 11 is 0. The van der Waals surface area contributed by atoms with Crippen molar-refractivity contribution in [1.29, 1.82) is 0 Å². The van der Waals surface area contributed by atoms with E-state index in [2.05, 4.69) is 20.4 Å². The maximum atomic E-state index is 11.9. The maximum Gasteiger partial charge on any atom is 0.227 e. The zero-order valence-corrected chi connectivity index (χ0v) is 12.7. The minimum Gasteiger partial charge on any atom is -0.390 e. The molecule has 20 heavy (non-hydrogen) atoms. The van der Waals surface area contributed by atoms with Crippen molar-refractivity contribution in [2.24, 2.45) is 5.41 Å². The second-order valence-electron chi connectivity index (χ2n) is 6.33. The highest BCUT2D eigenvalue weighted by molar-refractivity contribution is 5.82. The van der Waals surface area contributed by atoms with Gasteiger partial charge in [0.2, 0.25) is 5.91 Å². The smallest absolute Gasteiger partial charge is 0.227 e. The van der Waals surface area contributed by atoms with Gasteiger partial charge in [0.25, 0.3) is 0 Å². The van der Waals surface area contributed by atoms with Crippen molar-refractivity contribution in [2.45, 2.75) is 19.4 Å². The molecule has 0 spiro atoms. The molecule has 6 nitrogen and oxygen atoms in total. The Morgan fingerprint density at radius 3 is 2.60 bits per heavy atom. The summed E-state index contributed by atoms with van der Waals surface area (Å²) in [6.07, 6.45) is 0.535. The molecule has 0 bridgehead atoms. The van der Waals surface area contributed by atoms with E-state index in [1.165, 1.54) is 0 Å². The second-order valence-corrected chi connectivity index (χ2v) is 6.33. The van der Waals surface area contributed by atoms with E-state index in [1.807, 2.05) is 6.92 Å². The van der Waals surface area contributed by atoms with Gasteiger partial charge in [-0.25, -0.2) is 0 Å². The number of β-amino-alcohol motifs (C(OH)–C–C–N with tert-alkyl or cyclic N) is 1. The van der Waals surface area contributed by atoms with E-state index < -0.39 is 0 Å². The van der Waals surface area contributed by atoms with Gasteiger partial charge in [-0.2, -0.15) is 0 Å². The molecule has 0 aliphatic carbocycles. The monoisotopic (exact) mass is 284 g/mol. The number of aliphatic hydroxyl groups excluding tert-OH is 1. The molecular weight excluding hydrogens is 256 g/mol. The SMILES string of the molecule is CNC(=O)C1(C)CCN(CC(O)CN2CCNCC2)C1. The van der Waals surface area contributed by atoms with Crippen molar-refractivity contribution < 1.29 is 9.90 Å². The first kappa shape index (κ1) is 15.7. The minimum absolute atomic E-state index is 0.108. The van der Waals surface area contributed by atoms with Gasteiger partial charge in [0.15, 0.2) is 0 Å². The summed E-state index contributed by atoms with van der Waals surface area (Å²) < 4.78 is 0. The number of amides is 1. The van der Waals surface area contributed by atoms with Crippen molar-refractivity contribution in [3.05, 3.63) is 0 Å². The summed E-state index contributed by atoms with van der Waals surface area (Å²) in [7, 11) is 1.69. The van der Waals surface area contributed by atoms with Crippen LogP contribution in [0.4, 0.5) is 0 Å². The van der Waals surface area contributed by atoms with Crippen molar-refractivity contribution in [3.63, 3.8) is 0 Å². The number of rotatable bonds is 5. The Kier molecular flexibility index (Phi) is 5.37. The van der Waals surface area contributed by atoms with E-state index in [-0.39, 0.29) is 17.4 Å². The Bertz CT molecular complexity index is 333. The van der Waals surface area contributed by atoms with Crippen LogP contribution >= 0.6 is 0 Å². The summed E-state index contributed by atoms with van der Waals surface area (Å²) in [6, 6.07) is 0. The van der Waals surface area contributed by atoms with Crippen molar-refractivity contribution in [2.75, 3.05) is 59.4 Å². The molecule has 116 valence electrons. The number of hydrogen-bond donors (Lipinski definition) is 3. The molecule has 0 aromatic heterocycles. The molecule has 2 unspecified atom stereocenters. The third-order valence-corrected chi connectivity index (χ3v) is 4.48. The molecule has 2 rings (SSSR count). The quantitative estimate of drug-likeness (QED) is 0.586. The first-order valence-electron chi connectivity index (χ1n) is 7.59. The average molecular weight is 284 g/mol. The Hall–Kier alpha value is -0.690. The Labute approximate surface area is 121 Å². The molecule has 3 N–H and O–H groups in total. The molecule has 2 aliphatic heterocycles. The van der Waals surface area contributed by atoms with E-state index in [1.54, 1.807) is 7.05 Å². The van der Waals surface area contributed by atoms with Crippen LogP contribution < -0.4 is 10.6 Å². The van der Waals surface area contributed by atoms with E-state index in [0.29, 0.717) is 6.54 Å². The van der Waals surface area contributed by atoms with Crippen LogP contribution in [-0.2, 0) is 4.79 Å². The first-order valence-corrected chi connectivity index (χ1v) is 7.59. The Morgan fingerprint density at radius 2 is 1.95 bits per heavy atom. The van der Waals surface area contributed by atoms with Gasteiger partial charge in [-0.1, -0.05) is 0 Å². The van der Waals surface area contributed by atoms with Crippen LogP contribution in [0.15, 0.2) is 0 Å². The van der Waals surface area contributed by atoms with Gasteiger partial charge in [-0.3, -0.25) is 14.6 Å². The number of piperazine rings is 1. The van der Waals surface area contributed by atoms with Crippen LogP contribution in [0.2, 0.25) is 0 Å². The number of nitrogens with one attached hydrogen (secondary N) is 2. The molecule has 2 saturated heterocycles. The standard InChI is InChI=1S/C14H28N4O2/c1-14(13(20)15-2)3-6-18(11-14)10-12(19)9-17-7-4-16-5-8-17/h12,16,19H,3-11H2,1-2H3,(H,15,20). The van der Waals surface area contributed by atoms with Crippen molar-refractivity contribution in [3.8, 4) is 0 Å². The summed E-state index contributed by atoms with van der Waals surface area (Å²) in [5.74, 6) is 0.108. The Morgan fingerprint density at radius 1 is 1.30 bits per heavy atom. The fraction of sp³-hybridized carbons (Fsp3) is 0.929. The molecular formula is C14H28N4O2. The van der Waals surface area contributed by atoms with E-state index >= 15 is 0 Å².